The van der Waals surface area contributed by atoms with Gasteiger partial charge in [-0.25, -0.2) is 9.78 Å². The zero-order valence-electron chi connectivity index (χ0n) is 15.9. The topological polar surface area (TPSA) is 98.3 Å². The van der Waals surface area contributed by atoms with E-state index in [1.54, 1.807) is 24.4 Å². The number of aromatic nitrogens is 3. The fourth-order valence-corrected chi connectivity index (χ4v) is 2.59. The third-order valence-electron chi connectivity index (χ3n) is 3.87. The molecule has 0 aliphatic rings. The van der Waals surface area contributed by atoms with Crippen molar-refractivity contribution in [3.8, 4) is 17.1 Å². The molecule has 0 saturated carbocycles. The lowest BCUT2D eigenvalue weighted by molar-refractivity contribution is 0.0597. The number of rotatable bonds is 7. The van der Waals surface area contributed by atoms with Crippen LogP contribution >= 0.6 is 0 Å². The lowest BCUT2D eigenvalue weighted by atomic mass is 10.1. The first-order valence-corrected chi connectivity index (χ1v) is 8.72. The number of pyridine rings is 1. The van der Waals surface area contributed by atoms with Gasteiger partial charge in [0.1, 0.15) is 17.1 Å². The van der Waals surface area contributed by atoms with Crippen molar-refractivity contribution in [2.75, 3.05) is 31.4 Å². The van der Waals surface area contributed by atoms with Crippen LogP contribution in [0, 0.1) is 0 Å². The van der Waals surface area contributed by atoms with Crippen molar-refractivity contribution in [3.63, 3.8) is 0 Å². The molecule has 3 rings (SSSR count). The Kier molecular flexibility index (Phi) is 6.01. The van der Waals surface area contributed by atoms with E-state index in [0.29, 0.717) is 41.0 Å². The second-order valence-electron chi connectivity index (χ2n) is 5.74. The van der Waals surface area contributed by atoms with Crippen molar-refractivity contribution in [3.05, 3.63) is 54.2 Å². The molecule has 8 nitrogen and oxygen atoms in total. The minimum atomic E-state index is -0.461. The van der Waals surface area contributed by atoms with Gasteiger partial charge in [0, 0.05) is 30.6 Å². The van der Waals surface area contributed by atoms with Gasteiger partial charge in [-0.2, -0.15) is 4.98 Å². The van der Waals surface area contributed by atoms with E-state index in [0.717, 1.165) is 5.69 Å². The van der Waals surface area contributed by atoms with Crippen molar-refractivity contribution in [2.24, 2.45) is 0 Å². The van der Waals surface area contributed by atoms with Crippen LogP contribution in [0.15, 0.2) is 48.7 Å². The predicted molar refractivity (Wildman–Crippen MR) is 107 cm³/mol. The summed E-state index contributed by atoms with van der Waals surface area (Å²) >= 11 is 0. The average Bonchev–Trinajstić information content (AvgIpc) is 2.73. The SMILES string of the molecule is CCNc1nc(Nc2ccc(C(=O)OC)c(OC)c2)cc(-c2ccccn2)n1. The van der Waals surface area contributed by atoms with Crippen molar-refractivity contribution in [2.45, 2.75) is 6.92 Å². The highest BCUT2D eigenvalue weighted by atomic mass is 16.5. The molecule has 0 aliphatic carbocycles. The fraction of sp³-hybridized carbons (Fsp3) is 0.200. The summed E-state index contributed by atoms with van der Waals surface area (Å²) in [5.74, 6) is 1.02. The lowest BCUT2D eigenvalue weighted by Gasteiger charge is -2.12. The van der Waals surface area contributed by atoms with Gasteiger partial charge in [0.25, 0.3) is 0 Å². The zero-order chi connectivity index (χ0) is 19.9. The Bertz CT molecular complexity index is 963. The van der Waals surface area contributed by atoms with Crippen LogP contribution in [0.25, 0.3) is 11.4 Å². The lowest BCUT2D eigenvalue weighted by Crippen LogP contribution is -2.07. The first-order valence-electron chi connectivity index (χ1n) is 8.72. The number of carbonyl (C=O) groups excluding carboxylic acids is 1. The van der Waals surface area contributed by atoms with Crippen LogP contribution in [-0.4, -0.2) is 41.7 Å². The smallest absolute Gasteiger partial charge is 0.341 e. The Morgan fingerprint density at radius 3 is 2.61 bits per heavy atom. The van der Waals surface area contributed by atoms with Crippen LogP contribution in [0.1, 0.15) is 17.3 Å². The molecular weight excluding hydrogens is 358 g/mol. The van der Waals surface area contributed by atoms with Gasteiger partial charge >= 0.3 is 5.97 Å². The summed E-state index contributed by atoms with van der Waals surface area (Å²) in [5, 5.41) is 6.34. The predicted octanol–water partition coefficient (Wildman–Crippen LogP) is 3.51. The number of carbonyl (C=O) groups is 1. The Morgan fingerprint density at radius 2 is 1.93 bits per heavy atom. The van der Waals surface area contributed by atoms with Crippen LogP contribution in [0.5, 0.6) is 5.75 Å². The number of ether oxygens (including phenoxy) is 2. The zero-order valence-corrected chi connectivity index (χ0v) is 15.9. The standard InChI is InChI=1S/C20H21N5O3/c1-4-21-20-24-16(15-7-5-6-10-22-15)12-18(25-20)23-13-8-9-14(19(26)28-3)17(11-13)27-2/h5-12H,4H2,1-3H3,(H2,21,23,24,25). The third-order valence-corrected chi connectivity index (χ3v) is 3.87. The molecule has 8 heteroatoms. The molecule has 0 saturated heterocycles. The molecule has 0 bridgehead atoms. The maximum absolute atomic E-state index is 11.8. The maximum Gasteiger partial charge on any atom is 0.341 e. The van der Waals surface area contributed by atoms with Crippen molar-refractivity contribution in [1.29, 1.82) is 0 Å². The normalized spacial score (nSPS) is 10.2. The minimum Gasteiger partial charge on any atom is -0.496 e. The van der Waals surface area contributed by atoms with Gasteiger partial charge in [-0.3, -0.25) is 4.98 Å². The number of esters is 1. The van der Waals surface area contributed by atoms with Crippen LogP contribution in [0.4, 0.5) is 17.5 Å². The Balaban J connectivity index is 1.95. The van der Waals surface area contributed by atoms with Gasteiger partial charge in [-0.15, -0.1) is 0 Å². The Hall–Kier alpha value is -3.68. The molecule has 2 heterocycles. The molecular formula is C20H21N5O3. The number of anilines is 3. The quantitative estimate of drug-likeness (QED) is 0.602. The first kappa shape index (κ1) is 19.1. The van der Waals surface area contributed by atoms with Gasteiger partial charge in [-0.1, -0.05) is 6.07 Å². The van der Waals surface area contributed by atoms with Crippen LogP contribution in [0.3, 0.4) is 0 Å². The first-order chi connectivity index (χ1) is 13.6. The minimum absolute atomic E-state index is 0.348. The summed E-state index contributed by atoms with van der Waals surface area (Å²) < 4.78 is 10.1. The summed E-state index contributed by atoms with van der Waals surface area (Å²) in [4.78, 5) is 25.2. The van der Waals surface area contributed by atoms with Gasteiger partial charge in [0.2, 0.25) is 5.95 Å². The molecule has 0 spiro atoms. The number of hydrogen-bond donors (Lipinski definition) is 2. The highest BCUT2D eigenvalue weighted by Gasteiger charge is 2.14. The number of nitrogens with zero attached hydrogens (tertiary/aromatic N) is 3. The molecule has 28 heavy (non-hydrogen) atoms. The summed E-state index contributed by atoms with van der Waals surface area (Å²) in [6, 6.07) is 12.6. The van der Waals surface area contributed by atoms with E-state index in [4.69, 9.17) is 9.47 Å². The molecule has 0 fully saturated rings. The maximum atomic E-state index is 11.8. The second-order valence-corrected chi connectivity index (χ2v) is 5.74. The molecule has 3 aromatic rings. The fourth-order valence-electron chi connectivity index (χ4n) is 2.59. The van der Waals surface area contributed by atoms with E-state index in [1.807, 2.05) is 31.2 Å². The number of methoxy groups -OCH3 is 2. The Labute approximate surface area is 163 Å². The van der Waals surface area contributed by atoms with Crippen LogP contribution < -0.4 is 15.4 Å². The molecule has 2 aromatic heterocycles. The van der Waals surface area contributed by atoms with E-state index in [9.17, 15) is 4.79 Å². The molecule has 0 radical (unpaired) electrons. The number of hydrogen-bond acceptors (Lipinski definition) is 8. The van der Waals surface area contributed by atoms with Gasteiger partial charge in [0.05, 0.1) is 25.6 Å². The Morgan fingerprint density at radius 1 is 1.07 bits per heavy atom. The van der Waals surface area contributed by atoms with E-state index in [2.05, 4.69) is 25.6 Å². The second kappa shape index (κ2) is 8.81. The molecule has 144 valence electrons. The average molecular weight is 379 g/mol. The molecule has 0 atom stereocenters. The molecule has 2 N–H and O–H groups in total. The number of benzene rings is 1. The van der Waals surface area contributed by atoms with Crippen LogP contribution in [-0.2, 0) is 4.74 Å². The molecule has 0 aliphatic heterocycles. The van der Waals surface area contributed by atoms with Gasteiger partial charge in [0.15, 0.2) is 0 Å². The van der Waals surface area contributed by atoms with Gasteiger partial charge < -0.3 is 20.1 Å². The van der Waals surface area contributed by atoms with Crippen molar-refractivity contribution < 1.29 is 14.3 Å². The van der Waals surface area contributed by atoms with E-state index < -0.39 is 5.97 Å². The van der Waals surface area contributed by atoms with Crippen molar-refractivity contribution in [1.82, 2.24) is 15.0 Å². The third kappa shape index (κ3) is 4.35. The van der Waals surface area contributed by atoms with E-state index >= 15 is 0 Å². The summed E-state index contributed by atoms with van der Waals surface area (Å²) in [5.41, 5.74) is 2.48. The molecule has 0 amide bonds. The van der Waals surface area contributed by atoms with Crippen molar-refractivity contribution >= 4 is 23.4 Å². The monoisotopic (exact) mass is 379 g/mol. The number of nitrogens with one attached hydrogen (secondary N) is 2. The van der Waals surface area contributed by atoms with Crippen LogP contribution in [0.2, 0.25) is 0 Å². The molecule has 1 aromatic carbocycles. The highest BCUT2D eigenvalue weighted by Crippen LogP contribution is 2.27. The summed E-state index contributed by atoms with van der Waals surface area (Å²) in [6.07, 6.45) is 1.72. The van der Waals surface area contributed by atoms with E-state index in [-0.39, 0.29) is 0 Å². The van der Waals surface area contributed by atoms with E-state index in [1.165, 1.54) is 14.2 Å². The largest absolute Gasteiger partial charge is 0.496 e. The molecule has 0 unspecified atom stereocenters. The van der Waals surface area contributed by atoms with Gasteiger partial charge in [-0.05, 0) is 31.2 Å². The summed E-state index contributed by atoms with van der Waals surface area (Å²) in [6.45, 7) is 2.66. The summed E-state index contributed by atoms with van der Waals surface area (Å²) in [7, 11) is 2.83. The highest BCUT2D eigenvalue weighted by molar-refractivity contribution is 5.93.